The second-order valence-electron chi connectivity index (χ2n) is 6.54. The van der Waals surface area contributed by atoms with Gasteiger partial charge in [0.1, 0.15) is 17.1 Å². The van der Waals surface area contributed by atoms with Crippen LogP contribution in [0, 0.1) is 5.92 Å². The summed E-state index contributed by atoms with van der Waals surface area (Å²) < 4.78 is 7.42. The van der Waals surface area contributed by atoms with E-state index in [4.69, 9.17) is 4.42 Å². The number of fused-ring (bicyclic) bond motifs is 1. The third kappa shape index (κ3) is 2.66. The average molecular weight is 345 g/mol. The van der Waals surface area contributed by atoms with Gasteiger partial charge in [-0.25, -0.2) is 4.98 Å². The van der Waals surface area contributed by atoms with Gasteiger partial charge in [0, 0.05) is 31.5 Å². The van der Waals surface area contributed by atoms with Crippen molar-refractivity contribution in [3.63, 3.8) is 0 Å². The molecule has 2 atom stereocenters. The Morgan fingerprint density at radius 2 is 2.29 bits per heavy atom. The van der Waals surface area contributed by atoms with E-state index in [2.05, 4.69) is 11.9 Å². The monoisotopic (exact) mass is 345 g/mol. The summed E-state index contributed by atoms with van der Waals surface area (Å²) in [6.07, 6.45) is 2.56. The largest absolute Gasteiger partial charge is 0.464 e. The molecule has 0 unspecified atom stereocenters. The van der Waals surface area contributed by atoms with Gasteiger partial charge in [0.25, 0.3) is 11.5 Å². The first kappa shape index (κ1) is 15.5. The fraction of sp³-hybridized carbons (Fsp3) is 0.471. The van der Waals surface area contributed by atoms with E-state index in [0.29, 0.717) is 30.1 Å². The first-order valence-corrected chi connectivity index (χ1v) is 9.10. The first-order chi connectivity index (χ1) is 11.5. The number of rotatable bonds is 4. The van der Waals surface area contributed by atoms with Crippen molar-refractivity contribution in [3.05, 3.63) is 45.8 Å². The minimum absolute atomic E-state index is 0.117. The Morgan fingerprint density at radius 3 is 3.04 bits per heavy atom. The second kappa shape index (κ2) is 5.81. The zero-order valence-electron chi connectivity index (χ0n) is 13.7. The van der Waals surface area contributed by atoms with E-state index in [9.17, 15) is 9.59 Å². The Kier molecular flexibility index (Phi) is 3.75. The van der Waals surface area contributed by atoms with Crippen molar-refractivity contribution in [2.75, 3.05) is 12.8 Å². The predicted molar refractivity (Wildman–Crippen MR) is 90.2 cm³/mol. The number of thioether (sulfide) groups is 1. The SMILES string of the molecule is C[C@@H]1C[C@@H]1c1ccc(CN(C)C(=O)c2cnc3n(c2=O)CCS3)o1. The van der Waals surface area contributed by atoms with E-state index in [-0.39, 0.29) is 17.0 Å². The van der Waals surface area contributed by atoms with Crippen molar-refractivity contribution < 1.29 is 9.21 Å². The molecule has 2 aliphatic rings. The van der Waals surface area contributed by atoms with Gasteiger partial charge in [-0.2, -0.15) is 0 Å². The minimum atomic E-state index is -0.322. The summed E-state index contributed by atoms with van der Waals surface area (Å²) in [6.45, 7) is 3.16. The van der Waals surface area contributed by atoms with E-state index in [1.807, 2.05) is 12.1 Å². The van der Waals surface area contributed by atoms with Crippen LogP contribution in [-0.2, 0) is 13.1 Å². The highest BCUT2D eigenvalue weighted by molar-refractivity contribution is 7.99. The standard InChI is InChI=1S/C17H19N3O3S/c1-10-7-12(10)14-4-3-11(23-14)9-19(2)15(21)13-8-18-17-20(16(13)22)5-6-24-17/h3-4,8,10,12H,5-7,9H2,1-2H3/t10-,12+/m1/s1. The summed E-state index contributed by atoms with van der Waals surface area (Å²) in [5.74, 6) is 3.43. The van der Waals surface area contributed by atoms with Crippen LogP contribution in [0.15, 0.2) is 32.7 Å². The summed E-state index contributed by atoms with van der Waals surface area (Å²) in [5.41, 5.74) is -0.139. The van der Waals surface area contributed by atoms with Crippen LogP contribution in [0.5, 0.6) is 0 Å². The Hall–Kier alpha value is -2.02. The maximum atomic E-state index is 12.6. The molecule has 1 amide bonds. The topological polar surface area (TPSA) is 68.3 Å². The summed E-state index contributed by atoms with van der Waals surface area (Å²) >= 11 is 1.54. The van der Waals surface area contributed by atoms with Crippen LogP contribution in [-0.4, -0.2) is 33.2 Å². The van der Waals surface area contributed by atoms with E-state index in [1.54, 1.807) is 11.6 Å². The highest BCUT2D eigenvalue weighted by Gasteiger charge is 2.36. The number of hydrogen-bond acceptors (Lipinski definition) is 5. The molecule has 1 saturated carbocycles. The molecular weight excluding hydrogens is 326 g/mol. The molecule has 4 rings (SSSR count). The molecule has 3 heterocycles. The van der Waals surface area contributed by atoms with Gasteiger partial charge in [-0.15, -0.1) is 0 Å². The molecule has 0 radical (unpaired) electrons. The lowest BCUT2D eigenvalue weighted by Crippen LogP contribution is -2.34. The molecule has 1 aliphatic heterocycles. The molecule has 0 N–H and O–H groups in total. The maximum Gasteiger partial charge on any atom is 0.267 e. The lowest BCUT2D eigenvalue weighted by Gasteiger charge is -2.15. The number of nitrogens with zero attached hydrogens (tertiary/aromatic N) is 3. The molecule has 1 aliphatic carbocycles. The van der Waals surface area contributed by atoms with Crippen LogP contribution in [0.4, 0.5) is 0 Å². The highest BCUT2D eigenvalue weighted by atomic mass is 32.2. The molecule has 24 heavy (non-hydrogen) atoms. The molecular formula is C17H19N3O3S. The molecule has 0 aromatic carbocycles. The van der Waals surface area contributed by atoms with E-state index in [0.717, 1.165) is 23.7 Å². The van der Waals surface area contributed by atoms with Gasteiger partial charge in [-0.05, 0) is 24.5 Å². The Labute approximate surface area is 143 Å². The van der Waals surface area contributed by atoms with E-state index >= 15 is 0 Å². The van der Waals surface area contributed by atoms with Gasteiger partial charge >= 0.3 is 0 Å². The maximum absolute atomic E-state index is 12.6. The van der Waals surface area contributed by atoms with Crippen molar-refractivity contribution >= 4 is 17.7 Å². The summed E-state index contributed by atoms with van der Waals surface area (Å²) in [4.78, 5) is 30.8. The lowest BCUT2D eigenvalue weighted by molar-refractivity contribution is 0.0771. The van der Waals surface area contributed by atoms with Crippen LogP contribution in [0.25, 0.3) is 0 Å². The first-order valence-electron chi connectivity index (χ1n) is 8.11. The Morgan fingerprint density at radius 1 is 1.50 bits per heavy atom. The number of carbonyl (C=O) groups is 1. The van der Waals surface area contributed by atoms with Crippen molar-refractivity contribution in [2.45, 2.75) is 37.5 Å². The molecule has 7 heteroatoms. The number of amides is 1. The van der Waals surface area contributed by atoms with Gasteiger partial charge in [-0.3, -0.25) is 14.2 Å². The van der Waals surface area contributed by atoms with Crippen LogP contribution < -0.4 is 5.56 Å². The third-order valence-corrected chi connectivity index (χ3v) is 5.65. The number of furan rings is 1. The van der Waals surface area contributed by atoms with Crippen LogP contribution in [0.1, 0.15) is 41.1 Å². The van der Waals surface area contributed by atoms with Crippen molar-refractivity contribution in [3.8, 4) is 0 Å². The van der Waals surface area contributed by atoms with E-state index < -0.39 is 0 Å². The quantitative estimate of drug-likeness (QED) is 0.796. The molecule has 126 valence electrons. The van der Waals surface area contributed by atoms with Gasteiger partial charge < -0.3 is 9.32 Å². The molecule has 0 saturated heterocycles. The summed E-state index contributed by atoms with van der Waals surface area (Å²) in [6, 6.07) is 3.90. The highest BCUT2D eigenvalue weighted by Crippen LogP contribution is 2.47. The molecule has 1 fully saturated rings. The minimum Gasteiger partial charge on any atom is -0.464 e. The van der Waals surface area contributed by atoms with Crippen LogP contribution in [0.3, 0.4) is 0 Å². The van der Waals surface area contributed by atoms with Gasteiger partial charge in [0.15, 0.2) is 5.16 Å². The van der Waals surface area contributed by atoms with Crippen molar-refractivity contribution in [1.29, 1.82) is 0 Å². The van der Waals surface area contributed by atoms with Crippen LogP contribution in [0.2, 0.25) is 0 Å². The Bertz CT molecular complexity index is 857. The average Bonchev–Trinajstić information content (AvgIpc) is 2.97. The van der Waals surface area contributed by atoms with Crippen molar-refractivity contribution in [2.24, 2.45) is 5.92 Å². The van der Waals surface area contributed by atoms with Gasteiger partial charge in [0.2, 0.25) is 0 Å². The van der Waals surface area contributed by atoms with Crippen LogP contribution >= 0.6 is 11.8 Å². The normalized spacial score (nSPS) is 21.6. The third-order valence-electron chi connectivity index (χ3n) is 4.68. The Balaban J connectivity index is 1.50. The fourth-order valence-corrected chi connectivity index (χ4v) is 3.99. The summed E-state index contributed by atoms with van der Waals surface area (Å²) in [5, 5.41) is 0.688. The predicted octanol–water partition coefficient (Wildman–Crippen LogP) is 2.34. The number of aromatic nitrogens is 2. The molecule has 0 spiro atoms. The molecule has 2 aromatic rings. The smallest absolute Gasteiger partial charge is 0.267 e. The molecule has 0 bridgehead atoms. The zero-order chi connectivity index (χ0) is 16.8. The lowest BCUT2D eigenvalue weighted by atomic mass is 10.2. The van der Waals surface area contributed by atoms with E-state index in [1.165, 1.54) is 22.9 Å². The number of carbonyl (C=O) groups excluding carboxylic acids is 1. The summed E-state index contributed by atoms with van der Waals surface area (Å²) in [7, 11) is 1.68. The fourth-order valence-electron chi connectivity index (χ4n) is 3.07. The molecule has 2 aromatic heterocycles. The molecule has 6 nitrogen and oxygen atoms in total. The van der Waals surface area contributed by atoms with Crippen molar-refractivity contribution in [1.82, 2.24) is 14.5 Å². The zero-order valence-corrected chi connectivity index (χ0v) is 14.5. The van der Waals surface area contributed by atoms with Gasteiger partial charge in [-0.1, -0.05) is 18.7 Å². The van der Waals surface area contributed by atoms with Gasteiger partial charge in [0.05, 0.1) is 6.54 Å². The second-order valence-corrected chi connectivity index (χ2v) is 7.61. The number of hydrogen-bond donors (Lipinski definition) is 0.